The van der Waals surface area contributed by atoms with Gasteiger partial charge in [-0.3, -0.25) is 0 Å². The van der Waals surface area contributed by atoms with E-state index in [0.717, 1.165) is 5.69 Å². The summed E-state index contributed by atoms with van der Waals surface area (Å²) < 4.78 is 0. The van der Waals surface area contributed by atoms with Crippen molar-refractivity contribution in [3.05, 3.63) is 30.3 Å². The molecule has 0 fully saturated rings. The summed E-state index contributed by atoms with van der Waals surface area (Å²) in [7, 11) is 0. The molecule has 0 atom stereocenters. The van der Waals surface area contributed by atoms with Crippen LogP contribution in [0.4, 0.5) is 5.69 Å². The molecule has 1 aromatic carbocycles. The van der Waals surface area contributed by atoms with E-state index in [1.807, 2.05) is 30.3 Å². The maximum absolute atomic E-state index is 3.84. The summed E-state index contributed by atoms with van der Waals surface area (Å²) in [6.45, 7) is 0. The van der Waals surface area contributed by atoms with Crippen LogP contribution in [0.15, 0.2) is 51.1 Å². The number of hydrogen-bond donors (Lipinski definition) is 1. The van der Waals surface area contributed by atoms with Crippen LogP contribution in [-0.4, -0.2) is 5.23 Å². The summed E-state index contributed by atoms with van der Waals surface area (Å²) in [4.78, 5) is 0. The third-order valence-electron chi connectivity index (χ3n) is 1.23. The normalized spacial score (nSPS) is 13.8. The molecule has 1 aromatic rings. The molecule has 1 aliphatic heterocycles. The minimum Gasteiger partial charge on any atom is -0.159 e. The molecule has 2 rings (SSSR count). The predicted molar refractivity (Wildman–Crippen MR) is 40.8 cm³/mol. The van der Waals surface area contributed by atoms with Gasteiger partial charge in [0.1, 0.15) is 0 Å². The molecule has 0 amide bonds. The first-order chi connectivity index (χ1) is 5.95. The Balaban J connectivity index is 1.89. The van der Waals surface area contributed by atoms with Gasteiger partial charge in [0.2, 0.25) is 0 Å². The first-order valence-corrected chi connectivity index (χ1v) is 3.38. The summed E-state index contributed by atoms with van der Waals surface area (Å²) in [6.07, 6.45) is 0. The van der Waals surface area contributed by atoms with E-state index >= 15 is 0 Å². The first kappa shape index (κ1) is 6.71. The average Bonchev–Trinajstić information content (AvgIpc) is 2.90. The standard InChI is InChI=1S/C6H6N6/c1-2-4-6(5-3-1)7-8-9-12-10-11-12/h1-5H,(H,7,9). The summed E-state index contributed by atoms with van der Waals surface area (Å²) in [5.74, 6) is 0. The van der Waals surface area contributed by atoms with Crippen LogP contribution in [0.25, 0.3) is 0 Å². The van der Waals surface area contributed by atoms with E-state index in [0.29, 0.717) is 0 Å². The minimum absolute atomic E-state index is 0.784. The van der Waals surface area contributed by atoms with Crippen molar-refractivity contribution in [2.75, 3.05) is 0 Å². The van der Waals surface area contributed by atoms with Gasteiger partial charge in [-0.15, -0.1) is 5.11 Å². The molecular weight excluding hydrogens is 156 g/mol. The molecule has 0 aliphatic carbocycles. The van der Waals surface area contributed by atoms with E-state index in [-0.39, 0.29) is 0 Å². The Bertz CT molecular complexity index is 299. The lowest BCUT2D eigenvalue weighted by Gasteiger charge is -1.91. The van der Waals surface area contributed by atoms with Crippen molar-refractivity contribution in [3.63, 3.8) is 0 Å². The molecule has 0 saturated heterocycles. The van der Waals surface area contributed by atoms with Crippen LogP contribution >= 0.6 is 0 Å². The van der Waals surface area contributed by atoms with Crippen LogP contribution in [0.5, 0.6) is 0 Å². The average molecular weight is 162 g/mol. The summed E-state index contributed by atoms with van der Waals surface area (Å²) in [5, 5.41) is 15.5. The second kappa shape index (κ2) is 2.95. The Labute approximate surface area is 68.5 Å². The van der Waals surface area contributed by atoms with Crippen molar-refractivity contribution >= 4 is 5.69 Å². The van der Waals surface area contributed by atoms with Gasteiger partial charge in [-0.1, -0.05) is 23.4 Å². The van der Waals surface area contributed by atoms with E-state index in [2.05, 4.69) is 26.3 Å². The molecule has 60 valence electrons. The monoisotopic (exact) mass is 162 g/mol. The molecule has 1 aliphatic rings. The Morgan fingerprint density at radius 2 is 1.92 bits per heavy atom. The zero-order valence-corrected chi connectivity index (χ0v) is 6.12. The smallest absolute Gasteiger partial charge is 0.0874 e. The molecular formula is C6H6N6. The van der Waals surface area contributed by atoms with Crippen molar-refractivity contribution in [1.82, 2.24) is 10.8 Å². The largest absolute Gasteiger partial charge is 0.159 e. The van der Waals surface area contributed by atoms with Crippen LogP contribution in [0.1, 0.15) is 0 Å². The van der Waals surface area contributed by atoms with Gasteiger partial charge in [0.15, 0.2) is 0 Å². The number of hydrogen-bond acceptors (Lipinski definition) is 5. The van der Waals surface area contributed by atoms with E-state index in [4.69, 9.17) is 0 Å². The second-order valence-electron chi connectivity index (χ2n) is 2.10. The SMILES string of the molecule is c1ccc(N=NNN2N=N2)cc1. The number of benzene rings is 1. The van der Waals surface area contributed by atoms with Crippen molar-refractivity contribution in [3.8, 4) is 0 Å². The Morgan fingerprint density at radius 1 is 1.17 bits per heavy atom. The van der Waals surface area contributed by atoms with E-state index in [9.17, 15) is 0 Å². The molecule has 0 aromatic heterocycles. The van der Waals surface area contributed by atoms with Gasteiger partial charge in [-0.2, -0.15) is 5.53 Å². The van der Waals surface area contributed by atoms with Crippen molar-refractivity contribution in [2.45, 2.75) is 0 Å². The van der Waals surface area contributed by atoms with Gasteiger partial charge in [0.05, 0.1) is 5.69 Å². The Kier molecular flexibility index (Phi) is 1.65. The molecule has 0 bridgehead atoms. The fourth-order valence-electron chi connectivity index (χ4n) is 0.675. The molecule has 0 saturated carbocycles. The van der Waals surface area contributed by atoms with Crippen LogP contribution < -0.4 is 5.53 Å². The molecule has 6 heteroatoms. The lowest BCUT2D eigenvalue weighted by molar-refractivity contribution is 0.342. The fraction of sp³-hybridized carbons (Fsp3) is 0. The molecule has 6 nitrogen and oxygen atoms in total. The van der Waals surface area contributed by atoms with Gasteiger partial charge in [0.25, 0.3) is 0 Å². The van der Waals surface area contributed by atoms with Gasteiger partial charge in [-0.05, 0) is 27.8 Å². The van der Waals surface area contributed by atoms with Crippen LogP contribution in [0.2, 0.25) is 0 Å². The number of hydrazine groups is 1. The molecule has 0 spiro atoms. The highest BCUT2D eigenvalue weighted by atomic mass is 16.1. The Morgan fingerprint density at radius 3 is 2.58 bits per heavy atom. The third kappa shape index (κ3) is 1.75. The lowest BCUT2D eigenvalue weighted by atomic mass is 10.3. The molecule has 0 unspecified atom stereocenters. The lowest BCUT2D eigenvalue weighted by Crippen LogP contribution is -2.10. The fourth-order valence-corrected chi connectivity index (χ4v) is 0.675. The van der Waals surface area contributed by atoms with Crippen molar-refractivity contribution in [2.24, 2.45) is 20.8 Å². The van der Waals surface area contributed by atoms with Crippen molar-refractivity contribution in [1.29, 1.82) is 0 Å². The quantitative estimate of drug-likeness (QED) is 0.543. The maximum Gasteiger partial charge on any atom is 0.0874 e. The summed E-state index contributed by atoms with van der Waals surface area (Å²) in [6, 6.07) is 9.39. The first-order valence-electron chi connectivity index (χ1n) is 3.38. The zero-order valence-electron chi connectivity index (χ0n) is 6.12. The van der Waals surface area contributed by atoms with Crippen LogP contribution in [-0.2, 0) is 0 Å². The molecule has 1 N–H and O–H groups in total. The zero-order chi connectivity index (χ0) is 8.23. The highest BCUT2D eigenvalue weighted by Gasteiger charge is 2.06. The van der Waals surface area contributed by atoms with Gasteiger partial charge >= 0.3 is 0 Å². The Hall–Kier alpha value is -1.98. The highest BCUT2D eigenvalue weighted by Crippen LogP contribution is 2.10. The summed E-state index contributed by atoms with van der Waals surface area (Å²) >= 11 is 0. The van der Waals surface area contributed by atoms with Crippen molar-refractivity contribution < 1.29 is 0 Å². The van der Waals surface area contributed by atoms with E-state index < -0.39 is 0 Å². The molecule has 12 heavy (non-hydrogen) atoms. The highest BCUT2D eigenvalue weighted by molar-refractivity contribution is 5.34. The van der Waals surface area contributed by atoms with Gasteiger partial charge < -0.3 is 0 Å². The topological polar surface area (TPSA) is 64.5 Å². The van der Waals surface area contributed by atoms with Crippen LogP contribution in [0, 0.1) is 0 Å². The number of nitrogens with one attached hydrogen (secondary N) is 1. The molecule has 1 heterocycles. The minimum atomic E-state index is 0.784. The number of nitrogens with zero attached hydrogens (tertiary/aromatic N) is 5. The molecule has 0 radical (unpaired) electrons. The predicted octanol–water partition coefficient (Wildman–Crippen LogP) is 1.79. The second-order valence-corrected chi connectivity index (χ2v) is 2.10. The van der Waals surface area contributed by atoms with Gasteiger partial charge in [-0.25, -0.2) is 0 Å². The number of rotatable bonds is 3. The van der Waals surface area contributed by atoms with Crippen LogP contribution in [0.3, 0.4) is 0 Å². The van der Waals surface area contributed by atoms with Gasteiger partial charge in [0, 0.05) is 0 Å². The van der Waals surface area contributed by atoms with E-state index in [1.54, 1.807) is 0 Å². The third-order valence-corrected chi connectivity index (χ3v) is 1.23. The maximum atomic E-state index is 3.84. The van der Waals surface area contributed by atoms with E-state index in [1.165, 1.54) is 5.23 Å². The summed E-state index contributed by atoms with van der Waals surface area (Å²) in [5.41, 5.74) is 3.25.